The maximum atomic E-state index is 5.76. The molecule has 0 bridgehead atoms. The van der Waals surface area contributed by atoms with Gasteiger partial charge in [-0.25, -0.2) is 0 Å². The number of hydrogen-bond acceptors (Lipinski definition) is 4. The first kappa shape index (κ1) is 22.7. The van der Waals surface area contributed by atoms with E-state index in [0.717, 1.165) is 44.4 Å². The molecule has 7 heteroatoms. The molecule has 0 radical (unpaired) electrons. The first-order valence-corrected chi connectivity index (χ1v) is 9.38. The molecule has 26 heavy (non-hydrogen) atoms. The van der Waals surface area contributed by atoms with Crippen LogP contribution in [0.1, 0.15) is 16.9 Å². The zero-order valence-electron chi connectivity index (χ0n) is 15.7. The second kappa shape index (κ2) is 12.9. The molecule has 0 aliphatic rings. The highest BCUT2D eigenvalue weighted by atomic mass is 127. The normalized spacial score (nSPS) is 11.2. The summed E-state index contributed by atoms with van der Waals surface area (Å²) < 4.78 is 5.76. The van der Waals surface area contributed by atoms with Gasteiger partial charge in [-0.15, -0.1) is 35.3 Å². The van der Waals surface area contributed by atoms with Crippen LogP contribution >= 0.6 is 35.3 Å². The predicted octanol–water partition coefficient (Wildman–Crippen LogP) is 3.56. The van der Waals surface area contributed by atoms with Gasteiger partial charge in [0, 0.05) is 25.0 Å². The van der Waals surface area contributed by atoms with Crippen LogP contribution in [0.15, 0.2) is 46.8 Å². The van der Waals surface area contributed by atoms with Gasteiger partial charge in [-0.3, -0.25) is 4.99 Å². The van der Waals surface area contributed by atoms with Crippen LogP contribution in [-0.2, 0) is 13.1 Å². The van der Waals surface area contributed by atoms with Crippen LogP contribution in [-0.4, -0.2) is 45.2 Å². The lowest BCUT2D eigenvalue weighted by atomic mass is 10.2. The summed E-state index contributed by atoms with van der Waals surface area (Å²) >= 11 is 1.74. The molecule has 0 unspecified atom stereocenters. The SMILES string of the molecule is CN=C(NCc1ccc(OCCCN(C)C)cc1)NCc1cccs1.I. The minimum atomic E-state index is 0. The van der Waals surface area contributed by atoms with Gasteiger partial charge in [-0.2, -0.15) is 0 Å². The highest BCUT2D eigenvalue weighted by Gasteiger charge is 2.01. The second-order valence-corrected chi connectivity index (χ2v) is 7.04. The van der Waals surface area contributed by atoms with Crippen molar-refractivity contribution in [1.29, 1.82) is 0 Å². The lowest BCUT2D eigenvalue weighted by molar-refractivity contribution is 0.281. The Bertz CT molecular complexity index is 629. The van der Waals surface area contributed by atoms with Gasteiger partial charge >= 0.3 is 0 Å². The Kier molecular flexibility index (Phi) is 11.3. The minimum absolute atomic E-state index is 0. The van der Waals surface area contributed by atoms with E-state index in [2.05, 4.69) is 64.3 Å². The first-order valence-electron chi connectivity index (χ1n) is 8.51. The fraction of sp³-hybridized carbons (Fsp3) is 0.421. The average Bonchev–Trinajstić information content (AvgIpc) is 3.13. The molecule has 1 aromatic heterocycles. The number of ether oxygens (including phenoxy) is 1. The van der Waals surface area contributed by atoms with Crippen molar-refractivity contribution in [3.8, 4) is 5.75 Å². The van der Waals surface area contributed by atoms with E-state index < -0.39 is 0 Å². The molecule has 2 N–H and O–H groups in total. The van der Waals surface area contributed by atoms with Gasteiger partial charge in [-0.05, 0) is 49.7 Å². The number of hydrogen-bond donors (Lipinski definition) is 2. The van der Waals surface area contributed by atoms with Crippen molar-refractivity contribution in [1.82, 2.24) is 15.5 Å². The molecule has 0 fully saturated rings. The van der Waals surface area contributed by atoms with Crippen molar-refractivity contribution in [3.63, 3.8) is 0 Å². The molecule has 0 saturated heterocycles. The lowest BCUT2D eigenvalue weighted by Gasteiger charge is -2.12. The molecular weight excluding hydrogens is 459 g/mol. The van der Waals surface area contributed by atoms with E-state index in [4.69, 9.17) is 4.74 Å². The van der Waals surface area contributed by atoms with Crippen molar-refractivity contribution in [3.05, 3.63) is 52.2 Å². The standard InChI is InChI=1S/C19H28N4OS.HI/c1-20-19(22-15-18-6-4-13-25-18)21-14-16-7-9-17(10-8-16)24-12-5-11-23(2)3;/h4,6-10,13H,5,11-12,14-15H2,1-3H3,(H2,20,21,22);1H. The van der Waals surface area contributed by atoms with Crippen molar-refractivity contribution in [2.75, 3.05) is 34.3 Å². The summed E-state index contributed by atoms with van der Waals surface area (Å²) in [5.41, 5.74) is 1.19. The Morgan fingerprint density at radius 1 is 1.12 bits per heavy atom. The Hall–Kier alpha value is -1.32. The van der Waals surface area contributed by atoms with Crippen molar-refractivity contribution in [2.45, 2.75) is 19.5 Å². The minimum Gasteiger partial charge on any atom is -0.494 e. The number of nitrogens with zero attached hydrogens (tertiary/aromatic N) is 2. The molecule has 1 heterocycles. The third kappa shape index (κ3) is 8.86. The molecule has 0 atom stereocenters. The summed E-state index contributed by atoms with van der Waals surface area (Å²) in [4.78, 5) is 7.71. The van der Waals surface area contributed by atoms with Crippen molar-refractivity contribution >= 4 is 41.3 Å². The van der Waals surface area contributed by atoms with Crippen LogP contribution in [0.4, 0.5) is 0 Å². The third-order valence-corrected chi connectivity index (χ3v) is 4.51. The average molecular weight is 488 g/mol. The van der Waals surface area contributed by atoms with Crippen LogP contribution in [0.25, 0.3) is 0 Å². The summed E-state index contributed by atoms with van der Waals surface area (Å²) in [7, 11) is 5.93. The maximum absolute atomic E-state index is 5.76. The molecule has 0 spiro atoms. The Labute approximate surface area is 177 Å². The summed E-state index contributed by atoms with van der Waals surface area (Å²) in [5.74, 6) is 1.72. The number of halogens is 1. The van der Waals surface area contributed by atoms with Crippen molar-refractivity contribution < 1.29 is 4.74 Å². The van der Waals surface area contributed by atoms with Gasteiger partial charge in [0.1, 0.15) is 5.75 Å². The van der Waals surface area contributed by atoms with Gasteiger partial charge in [0.15, 0.2) is 5.96 Å². The maximum Gasteiger partial charge on any atom is 0.191 e. The van der Waals surface area contributed by atoms with Crippen LogP contribution in [0.3, 0.4) is 0 Å². The number of nitrogens with one attached hydrogen (secondary N) is 2. The number of guanidine groups is 1. The molecule has 0 amide bonds. The number of aliphatic imine (C=N–C) groups is 1. The Morgan fingerprint density at radius 3 is 2.46 bits per heavy atom. The zero-order valence-corrected chi connectivity index (χ0v) is 18.8. The van der Waals surface area contributed by atoms with Crippen LogP contribution in [0.5, 0.6) is 5.75 Å². The molecule has 144 valence electrons. The van der Waals surface area contributed by atoms with Gasteiger partial charge in [0.25, 0.3) is 0 Å². The van der Waals surface area contributed by atoms with E-state index >= 15 is 0 Å². The molecular formula is C19H29IN4OS. The predicted molar refractivity (Wildman–Crippen MR) is 122 cm³/mol. The van der Waals surface area contributed by atoms with Gasteiger partial charge in [-0.1, -0.05) is 18.2 Å². The summed E-state index contributed by atoms with van der Waals surface area (Å²) in [6.45, 7) is 3.30. The van der Waals surface area contributed by atoms with E-state index in [1.807, 2.05) is 12.1 Å². The molecule has 1 aromatic carbocycles. The Balaban J connectivity index is 0.00000338. The van der Waals surface area contributed by atoms with Crippen molar-refractivity contribution in [2.24, 2.45) is 4.99 Å². The molecule has 0 aliphatic carbocycles. The number of benzene rings is 1. The van der Waals surface area contributed by atoms with Crippen LogP contribution < -0.4 is 15.4 Å². The molecule has 0 aliphatic heterocycles. The third-order valence-electron chi connectivity index (χ3n) is 3.64. The summed E-state index contributed by atoms with van der Waals surface area (Å²) in [6, 6.07) is 12.4. The van der Waals surface area contributed by atoms with E-state index in [-0.39, 0.29) is 24.0 Å². The highest BCUT2D eigenvalue weighted by molar-refractivity contribution is 14.0. The number of thiophene rings is 1. The molecule has 2 rings (SSSR count). The summed E-state index contributed by atoms with van der Waals surface area (Å²) in [6.07, 6.45) is 1.03. The first-order chi connectivity index (χ1) is 12.2. The summed E-state index contributed by atoms with van der Waals surface area (Å²) in [5, 5.41) is 8.73. The second-order valence-electron chi connectivity index (χ2n) is 6.01. The van der Waals surface area contributed by atoms with E-state index in [0.29, 0.717) is 0 Å². The monoisotopic (exact) mass is 488 g/mol. The van der Waals surface area contributed by atoms with E-state index in [1.54, 1.807) is 18.4 Å². The number of rotatable bonds is 9. The molecule has 5 nitrogen and oxygen atoms in total. The fourth-order valence-electron chi connectivity index (χ4n) is 2.26. The van der Waals surface area contributed by atoms with Crippen LogP contribution in [0.2, 0.25) is 0 Å². The molecule has 0 saturated carbocycles. The van der Waals surface area contributed by atoms with Crippen LogP contribution in [0, 0.1) is 0 Å². The quantitative estimate of drug-likeness (QED) is 0.245. The molecule has 2 aromatic rings. The lowest BCUT2D eigenvalue weighted by Crippen LogP contribution is -2.36. The van der Waals surface area contributed by atoms with Gasteiger partial charge in [0.2, 0.25) is 0 Å². The fourth-order valence-corrected chi connectivity index (χ4v) is 2.91. The van der Waals surface area contributed by atoms with Gasteiger partial charge in [0.05, 0.1) is 13.2 Å². The highest BCUT2D eigenvalue weighted by Crippen LogP contribution is 2.12. The zero-order chi connectivity index (χ0) is 17.9. The topological polar surface area (TPSA) is 48.9 Å². The Morgan fingerprint density at radius 2 is 1.85 bits per heavy atom. The largest absolute Gasteiger partial charge is 0.494 e. The van der Waals surface area contributed by atoms with E-state index in [1.165, 1.54) is 10.4 Å². The van der Waals surface area contributed by atoms with Gasteiger partial charge < -0.3 is 20.3 Å². The van der Waals surface area contributed by atoms with E-state index in [9.17, 15) is 0 Å². The smallest absolute Gasteiger partial charge is 0.191 e.